The molecule has 31 heavy (non-hydrogen) atoms. The molecule has 2 aromatic rings. The highest BCUT2D eigenvalue weighted by Gasteiger charge is 2.38. The number of piperazine rings is 1. The Morgan fingerprint density at radius 1 is 1.10 bits per heavy atom. The van der Waals surface area contributed by atoms with Crippen LogP contribution in [0.5, 0.6) is 0 Å². The van der Waals surface area contributed by atoms with E-state index in [4.69, 9.17) is 4.42 Å². The average Bonchev–Trinajstić information content (AvgIpc) is 3.48. The number of rotatable bonds is 6. The van der Waals surface area contributed by atoms with Gasteiger partial charge in [0.15, 0.2) is 0 Å². The van der Waals surface area contributed by atoms with E-state index in [1.807, 2.05) is 55.3 Å². The van der Waals surface area contributed by atoms with Gasteiger partial charge < -0.3 is 14.2 Å². The number of likely N-dealkylation sites (N-methyl/N-ethyl adjacent to an activating group) is 1. The maximum atomic E-state index is 13.5. The van der Waals surface area contributed by atoms with Crippen LogP contribution in [0.4, 0.5) is 0 Å². The number of amides is 2. The fourth-order valence-electron chi connectivity index (χ4n) is 5.03. The van der Waals surface area contributed by atoms with E-state index in [1.54, 1.807) is 11.2 Å². The van der Waals surface area contributed by atoms with Crippen molar-refractivity contribution < 1.29 is 14.0 Å². The smallest absolute Gasteiger partial charge is 0.253 e. The van der Waals surface area contributed by atoms with Gasteiger partial charge >= 0.3 is 0 Å². The zero-order chi connectivity index (χ0) is 21.8. The first-order valence-electron chi connectivity index (χ1n) is 11.4. The van der Waals surface area contributed by atoms with Gasteiger partial charge in [0, 0.05) is 38.8 Å². The Morgan fingerprint density at radius 2 is 1.84 bits per heavy atom. The second kappa shape index (κ2) is 9.69. The summed E-state index contributed by atoms with van der Waals surface area (Å²) in [5.41, 5.74) is 1.84. The number of carbonyl (C=O) groups is 2. The van der Waals surface area contributed by atoms with Gasteiger partial charge in [0.1, 0.15) is 5.76 Å². The highest BCUT2D eigenvalue weighted by Crippen LogP contribution is 2.32. The summed E-state index contributed by atoms with van der Waals surface area (Å²) < 4.78 is 5.44. The molecular formula is C25H33N3O3. The third kappa shape index (κ3) is 5.01. The SMILES string of the molecule is Cc1cccc(C(=O)N2CCN(C(C(=O)N(C)Cc3ccco3)C3CCCC3)CC2)c1. The minimum atomic E-state index is -0.112. The lowest BCUT2D eigenvalue weighted by molar-refractivity contribution is -0.139. The summed E-state index contributed by atoms with van der Waals surface area (Å²) >= 11 is 0. The molecule has 1 saturated carbocycles. The predicted molar refractivity (Wildman–Crippen MR) is 120 cm³/mol. The van der Waals surface area contributed by atoms with Gasteiger partial charge in [0.25, 0.3) is 5.91 Å². The minimum absolute atomic E-state index is 0.0852. The van der Waals surface area contributed by atoms with E-state index in [2.05, 4.69) is 4.90 Å². The van der Waals surface area contributed by atoms with Gasteiger partial charge in [-0.05, 0) is 49.9 Å². The molecule has 1 unspecified atom stereocenters. The Labute approximate surface area is 184 Å². The van der Waals surface area contributed by atoms with Crippen molar-refractivity contribution in [1.29, 1.82) is 0 Å². The van der Waals surface area contributed by atoms with E-state index in [9.17, 15) is 9.59 Å². The molecule has 6 nitrogen and oxygen atoms in total. The summed E-state index contributed by atoms with van der Waals surface area (Å²) in [7, 11) is 1.87. The van der Waals surface area contributed by atoms with Crippen LogP contribution < -0.4 is 0 Å². The topological polar surface area (TPSA) is 57.0 Å². The number of benzene rings is 1. The molecule has 2 fully saturated rings. The standard InChI is InChI=1S/C25H33N3O3/c1-19-7-5-10-21(17-19)24(29)28-14-12-27(13-15-28)23(20-8-3-4-9-20)25(30)26(2)18-22-11-6-16-31-22/h5-7,10-11,16-17,20,23H,3-4,8-9,12-15,18H2,1-2H3. The Balaban J connectivity index is 1.42. The van der Waals surface area contributed by atoms with Gasteiger partial charge in [-0.2, -0.15) is 0 Å². The number of carbonyl (C=O) groups excluding carboxylic acids is 2. The molecule has 1 saturated heterocycles. The Morgan fingerprint density at radius 3 is 2.48 bits per heavy atom. The summed E-state index contributed by atoms with van der Waals surface area (Å²) in [6.07, 6.45) is 6.25. The Hall–Kier alpha value is -2.60. The van der Waals surface area contributed by atoms with Gasteiger partial charge in [-0.3, -0.25) is 14.5 Å². The molecule has 1 aromatic heterocycles. The van der Waals surface area contributed by atoms with Crippen LogP contribution in [0.1, 0.15) is 47.4 Å². The lowest BCUT2D eigenvalue weighted by Crippen LogP contribution is -2.58. The summed E-state index contributed by atoms with van der Waals surface area (Å²) in [4.78, 5) is 32.5. The van der Waals surface area contributed by atoms with Crippen molar-refractivity contribution in [3.63, 3.8) is 0 Å². The van der Waals surface area contributed by atoms with E-state index >= 15 is 0 Å². The predicted octanol–water partition coefficient (Wildman–Crippen LogP) is 3.56. The minimum Gasteiger partial charge on any atom is -0.467 e. The average molecular weight is 424 g/mol. The number of hydrogen-bond acceptors (Lipinski definition) is 4. The van der Waals surface area contributed by atoms with Crippen LogP contribution in [0.25, 0.3) is 0 Å². The molecule has 1 aliphatic heterocycles. The first-order valence-corrected chi connectivity index (χ1v) is 11.4. The van der Waals surface area contributed by atoms with Crippen LogP contribution in [0.2, 0.25) is 0 Å². The van der Waals surface area contributed by atoms with Crippen molar-refractivity contribution in [1.82, 2.24) is 14.7 Å². The van der Waals surface area contributed by atoms with Gasteiger partial charge in [-0.15, -0.1) is 0 Å². The van der Waals surface area contributed by atoms with Crippen molar-refractivity contribution in [3.8, 4) is 0 Å². The van der Waals surface area contributed by atoms with Gasteiger partial charge in [0.05, 0.1) is 18.8 Å². The molecule has 166 valence electrons. The fourth-order valence-corrected chi connectivity index (χ4v) is 5.03. The van der Waals surface area contributed by atoms with Crippen LogP contribution in [-0.4, -0.2) is 65.8 Å². The molecule has 2 amide bonds. The van der Waals surface area contributed by atoms with Gasteiger partial charge in [-0.25, -0.2) is 0 Å². The zero-order valence-corrected chi connectivity index (χ0v) is 18.6. The van der Waals surface area contributed by atoms with E-state index in [0.29, 0.717) is 25.6 Å². The Bertz CT molecular complexity index is 881. The lowest BCUT2D eigenvalue weighted by Gasteiger charge is -2.42. The zero-order valence-electron chi connectivity index (χ0n) is 18.6. The first kappa shape index (κ1) is 21.6. The van der Waals surface area contributed by atoms with Crippen LogP contribution in [0, 0.1) is 12.8 Å². The molecule has 1 aromatic carbocycles. The molecule has 0 bridgehead atoms. The van der Waals surface area contributed by atoms with Crippen LogP contribution in [0.3, 0.4) is 0 Å². The molecule has 6 heteroatoms. The summed E-state index contributed by atoms with van der Waals surface area (Å²) in [6, 6.07) is 11.4. The van der Waals surface area contributed by atoms with Gasteiger partial charge in [-0.1, -0.05) is 30.5 Å². The number of nitrogens with zero attached hydrogens (tertiary/aromatic N) is 3. The van der Waals surface area contributed by atoms with Crippen molar-refractivity contribution in [2.24, 2.45) is 5.92 Å². The molecule has 2 aliphatic rings. The highest BCUT2D eigenvalue weighted by atomic mass is 16.3. The van der Waals surface area contributed by atoms with Crippen molar-refractivity contribution in [2.75, 3.05) is 33.2 Å². The maximum Gasteiger partial charge on any atom is 0.253 e. The third-order valence-electron chi connectivity index (χ3n) is 6.71. The maximum absolute atomic E-state index is 13.5. The highest BCUT2D eigenvalue weighted by molar-refractivity contribution is 5.94. The fraction of sp³-hybridized carbons (Fsp3) is 0.520. The molecule has 0 spiro atoms. The van der Waals surface area contributed by atoms with Crippen LogP contribution in [-0.2, 0) is 11.3 Å². The number of aryl methyl sites for hydroxylation is 1. The first-order chi connectivity index (χ1) is 15.0. The van der Waals surface area contributed by atoms with E-state index < -0.39 is 0 Å². The summed E-state index contributed by atoms with van der Waals surface area (Å²) in [6.45, 7) is 5.28. The van der Waals surface area contributed by atoms with E-state index in [0.717, 1.165) is 42.8 Å². The van der Waals surface area contributed by atoms with E-state index in [-0.39, 0.29) is 17.9 Å². The number of furan rings is 1. The largest absolute Gasteiger partial charge is 0.467 e. The second-order valence-corrected chi connectivity index (χ2v) is 8.96. The monoisotopic (exact) mass is 423 g/mol. The number of hydrogen-bond donors (Lipinski definition) is 0. The molecular weight excluding hydrogens is 390 g/mol. The molecule has 4 rings (SSSR count). The van der Waals surface area contributed by atoms with Crippen molar-refractivity contribution in [3.05, 3.63) is 59.5 Å². The Kier molecular flexibility index (Phi) is 6.76. The molecule has 2 heterocycles. The molecule has 0 N–H and O–H groups in total. The molecule has 1 atom stereocenters. The van der Waals surface area contributed by atoms with Crippen molar-refractivity contribution in [2.45, 2.75) is 45.2 Å². The lowest BCUT2D eigenvalue weighted by atomic mass is 9.94. The van der Waals surface area contributed by atoms with Crippen molar-refractivity contribution >= 4 is 11.8 Å². The quantitative estimate of drug-likeness (QED) is 0.713. The molecule has 0 radical (unpaired) electrons. The second-order valence-electron chi connectivity index (χ2n) is 8.96. The third-order valence-corrected chi connectivity index (χ3v) is 6.71. The normalized spacial score (nSPS) is 18.8. The van der Waals surface area contributed by atoms with E-state index in [1.165, 1.54) is 12.8 Å². The summed E-state index contributed by atoms with van der Waals surface area (Å²) in [5.74, 6) is 1.45. The van der Waals surface area contributed by atoms with Gasteiger partial charge in [0.2, 0.25) is 5.91 Å². The summed E-state index contributed by atoms with van der Waals surface area (Å²) in [5, 5.41) is 0. The van der Waals surface area contributed by atoms with Crippen LogP contribution >= 0.6 is 0 Å². The molecule has 1 aliphatic carbocycles. The van der Waals surface area contributed by atoms with Crippen LogP contribution in [0.15, 0.2) is 47.1 Å².